The molecule has 8 nitrogen and oxygen atoms in total. The van der Waals surface area contributed by atoms with Crippen LogP contribution < -0.4 is 29.6 Å². The Hall–Kier alpha value is -3.13. The average Bonchev–Trinajstić information content (AvgIpc) is 2.75. The third kappa shape index (κ3) is 4.77. The number of carbonyl (C=O) groups is 1. The van der Waals surface area contributed by atoms with Gasteiger partial charge in [0.25, 0.3) is 0 Å². The van der Waals surface area contributed by atoms with Crippen LogP contribution in [-0.4, -0.2) is 45.1 Å². The maximum absolute atomic E-state index is 12.0. The molecule has 0 aromatic heterocycles. The molecule has 0 saturated heterocycles. The Balaban J connectivity index is 1.49. The van der Waals surface area contributed by atoms with Gasteiger partial charge in [-0.05, 0) is 35.4 Å². The first-order valence-electron chi connectivity index (χ1n) is 8.91. The number of hydrogen-bond acceptors (Lipinski definition) is 6. The highest BCUT2D eigenvalue weighted by Gasteiger charge is 2.16. The van der Waals surface area contributed by atoms with Gasteiger partial charge in [-0.3, -0.25) is 0 Å². The zero-order chi connectivity index (χ0) is 19.9. The molecule has 0 saturated carbocycles. The van der Waals surface area contributed by atoms with E-state index in [2.05, 4.69) is 10.6 Å². The summed E-state index contributed by atoms with van der Waals surface area (Å²) in [5, 5.41) is 15.7. The molecule has 2 amide bonds. The van der Waals surface area contributed by atoms with E-state index in [4.69, 9.17) is 18.9 Å². The van der Waals surface area contributed by atoms with Gasteiger partial charge in [0.1, 0.15) is 13.2 Å². The second kappa shape index (κ2) is 9.18. The van der Waals surface area contributed by atoms with E-state index in [0.717, 1.165) is 5.56 Å². The van der Waals surface area contributed by atoms with Crippen molar-refractivity contribution in [1.82, 2.24) is 10.6 Å². The standard InChI is InChI=1S/C20H24N2O6/c1-25-16-5-3-13(9-18(16)26-2)11-21-20(24)22-12-15(23)14-4-6-17-19(10-14)28-8-7-27-17/h3-6,9-10,15,23H,7-8,11-12H2,1-2H3,(H2,21,22,24). The van der Waals surface area contributed by atoms with Crippen LogP contribution in [0.2, 0.25) is 0 Å². The lowest BCUT2D eigenvalue weighted by molar-refractivity contribution is 0.163. The van der Waals surface area contributed by atoms with Crippen molar-refractivity contribution in [3.63, 3.8) is 0 Å². The highest BCUT2D eigenvalue weighted by atomic mass is 16.6. The van der Waals surface area contributed by atoms with E-state index in [9.17, 15) is 9.90 Å². The first-order chi connectivity index (χ1) is 13.6. The van der Waals surface area contributed by atoms with Gasteiger partial charge < -0.3 is 34.7 Å². The van der Waals surface area contributed by atoms with Gasteiger partial charge in [-0.15, -0.1) is 0 Å². The Morgan fingerprint density at radius 3 is 2.54 bits per heavy atom. The Labute approximate surface area is 163 Å². The van der Waals surface area contributed by atoms with Crippen molar-refractivity contribution in [3.05, 3.63) is 47.5 Å². The summed E-state index contributed by atoms with van der Waals surface area (Å²) in [5.74, 6) is 2.47. The summed E-state index contributed by atoms with van der Waals surface area (Å²) in [7, 11) is 3.12. The number of fused-ring (bicyclic) bond motifs is 1. The van der Waals surface area contributed by atoms with Crippen LogP contribution in [0.5, 0.6) is 23.0 Å². The number of amides is 2. The van der Waals surface area contributed by atoms with Crippen LogP contribution >= 0.6 is 0 Å². The van der Waals surface area contributed by atoms with E-state index in [1.807, 2.05) is 6.07 Å². The zero-order valence-corrected chi connectivity index (χ0v) is 15.9. The average molecular weight is 388 g/mol. The van der Waals surface area contributed by atoms with Crippen LogP contribution in [0.4, 0.5) is 4.79 Å². The van der Waals surface area contributed by atoms with Crippen molar-refractivity contribution in [2.75, 3.05) is 34.0 Å². The minimum Gasteiger partial charge on any atom is -0.493 e. The topological polar surface area (TPSA) is 98.3 Å². The van der Waals surface area contributed by atoms with Crippen LogP contribution in [-0.2, 0) is 6.54 Å². The van der Waals surface area contributed by atoms with Crippen molar-refractivity contribution in [1.29, 1.82) is 0 Å². The molecule has 0 radical (unpaired) electrons. The Morgan fingerprint density at radius 1 is 1.04 bits per heavy atom. The number of methoxy groups -OCH3 is 2. The SMILES string of the molecule is COc1ccc(CNC(=O)NCC(O)c2ccc3c(c2)OCCO3)cc1OC. The van der Waals surface area contributed by atoms with Crippen LogP contribution in [0.15, 0.2) is 36.4 Å². The minimum atomic E-state index is -0.859. The number of nitrogens with one attached hydrogen (secondary N) is 2. The second-order valence-electron chi connectivity index (χ2n) is 6.17. The molecule has 0 bridgehead atoms. The van der Waals surface area contributed by atoms with Crippen LogP contribution in [0.3, 0.4) is 0 Å². The van der Waals surface area contributed by atoms with Gasteiger partial charge in [0.2, 0.25) is 0 Å². The molecule has 0 fully saturated rings. The number of urea groups is 1. The van der Waals surface area contributed by atoms with E-state index >= 15 is 0 Å². The molecular weight excluding hydrogens is 364 g/mol. The minimum absolute atomic E-state index is 0.0669. The van der Waals surface area contributed by atoms with Crippen LogP contribution in [0.25, 0.3) is 0 Å². The molecule has 1 heterocycles. The fourth-order valence-electron chi connectivity index (χ4n) is 2.81. The molecule has 1 unspecified atom stereocenters. The van der Waals surface area contributed by atoms with E-state index < -0.39 is 6.10 Å². The molecule has 3 rings (SSSR count). The van der Waals surface area contributed by atoms with Crippen LogP contribution in [0.1, 0.15) is 17.2 Å². The number of aliphatic hydroxyl groups excluding tert-OH is 1. The second-order valence-corrected chi connectivity index (χ2v) is 6.17. The van der Waals surface area contributed by atoms with Gasteiger partial charge in [-0.25, -0.2) is 4.79 Å². The lowest BCUT2D eigenvalue weighted by Gasteiger charge is -2.20. The molecular formula is C20H24N2O6. The summed E-state index contributed by atoms with van der Waals surface area (Å²) < 4.78 is 21.4. The first-order valence-corrected chi connectivity index (χ1v) is 8.91. The van der Waals surface area contributed by atoms with Crippen molar-refractivity contribution >= 4 is 6.03 Å². The predicted molar refractivity (Wildman–Crippen MR) is 102 cm³/mol. The molecule has 150 valence electrons. The van der Waals surface area contributed by atoms with Gasteiger partial charge >= 0.3 is 6.03 Å². The summed E-state index contributed by atoms with van der Waals surface area (Å²) in [6, 6.07) is 10.3. The Morgan fingerprint density at radius 2 is 1.79 bits per heavy atom. The Kier molecular flexibility index (Phi) is 6.44. The maximum Gasteiger partial charge on any atom is 0.315 e. The van der Waals surface area contributed by atoms with Crippen molar-refractivity contribution in [2.24, 2.45) is 0 Å². The molecule has 1 atom stereocenters. The molecule has 8 heteroatoms. The highest BCUT2D eigenvalue weighted by Crippen LogP contribution is 2.32. The molecule has 28 heavy (non-hydrogen) atoms. The summed E-state index contributed by atoms with van der Waals surface area (Å²) >= 11 is 0. The largest absolute Gasteiger partial charge is 0.493 e. The monoisotopic (exact) mass is 388 g/mol. The summed E-state index contributed by atoms with van der Waals surface area (Å²) in [6.45, 7) is 1.36. The quantitative estimate of drug-likeness (QED) is 0.671. The van der Waals surface area contributed by atoms with Gasteiger partial charge in [-0.1, -0.05) is 12.1 Å². The zero-order valence-electron chi connectivity index (χ0n) is 15.9. The molecule has 0 aliphatic carbocycles. The van der Waals surface area contributed by atoms with E-state index in [1.165, 1.54) is 0 Å². The van der Waals surface area contributed by atoms with Gasteiger partial charge in [-0.2, -0.15) is 0 Å². The van der Waals surface area contributed by atoms with E-state index in [1.54, 1.807) is 44.6 Å². The van der Waals surface area contributed by atoms with Crippen molar-refractivity contribution < 1.29 is 28.8 Å². The van der Waals surface area contributed by atoms with E-state index in [0.29, 0.717) is 48.3 Å². The lowest BCUT2D eigenvalue weighted by atomic mass is 10.1. The van der Waals surface area contributed by atoms with E-state index in [-0.39, 0.29) is 12.6 Å². The molecule has 2 aromatic rings. The number of hydrogen-bond donors (Lipinski definition) is 3. The Bertz CT molecular complexity index is 826. The third-order valence-corrected chi connectivity index (χ3v) is 4.31. The number of benzene rings is 2. The maximum atomic E-state index is 12.0. The number of ether oxygens (including phenoxy) is 4. The van der Waals surface area contributed by atoms with Gasteiger partial charge in [0.15, 0.2) is 23.0 Å². The highest BCUT2D eigenvalue weighted by molar-refractivity contribution is 5.73. The van der Waals surface area contributed by atoms with Crippen molar-refractivity contribution in [2.45, 2.75) is 12.6 Å². The fourth-order valence-corrected chi connectivity index (χ4v) is 2.81. The predicted octanol–water partition coefficient (Wildman–Crippen LogP) is 2.01. The third-order valence-electron chi connectivity index (χ3n) is 4.31. The molecule has 2 aromatic carbocycles. The lowest BCUT2D eigenvalue weighted by Crippen LogP contribution is -2.37. The molecule has 0 spiro atoms. The van der Waals surface area contributed by atoms with Gasteiger partial charge in [0, 0.05) is 13.1 Å². The fraction of sp³-hybridized carbons (Fsp3) is 0.350. The summed E-state index contributed by atoms with van der Waals surface area (Å²) in [4.78, 5) is 12.0. The first kappa shape index (κ1) is 19.6. The molecule has 1 aliphatic rings. The smallest absolute Gasteiger partial charge is 0.315 e. The summed E-state index contributed by atoms with van der Waals surface area (Å²) in [6.07, 6.45) is -0.859. The van der Waals surface area contributed by atoms with Crippen LogP contribution in [0, 0.1) is 0 Å². The molecule has 1 aliphatic heterocycles. The van der Waals surface area contributed by atoms with Crippen molar-refractivity contribution in [3.8, 4) is 23.0 Å². The summed E-state index contributed by atoms with van der Waals surface area (Å²) in [5.41, 5.74) is 1.50. The number of aliphatic hydroxyl groups is 1. The number of rotatable bonds is 7. The number of carbonyl (C=O) groups excluding carboxylic acids is 1. The normalized spacial score (nSPS) is 13.4. The van der Waals surface area contributed by atoms with Gasteiger partial charge in [0.05, 0.1) is 20.3 Å². The molecule has 3 N–H and O–H groups in total.